The van der Waals surface area contributed by atoms with E-state index in [9.17, 15) is 0 Å². The first kappa shape index (κ1) is 13.5. The van der Waals surface area contributed by atoms with Gasteiger partial charge in [-0.25, -0.2) is 0 Å². The number of halogens is 1. The van der Waals surface area contributed by atoms with E-state index in [1.807, 2.05) is 26.0 Å². The lowest BCUT2D eigenvalue weighted by Gasteiger charge is -2.14. The number of rotatable bonds is 6. The van der Waals surface area contributed by atoms with E-state index in [1.54, 1.807) is 11.3 Å². The number of nitriles is 1. The highest BCUT2D eigenvalue weighted by Crippen LogP contribution is 2.22. The largest absolute Gasteiger partial charge is 0.312 e. The Kier molecular flexibility index (Phi) is 5.27. The van der Waals surface area contributed by atoms with Crippen molar-refractivity contribution in [1.29, 1.82) is 5.26 Å². The van der Waals surface area contributed by atoms with Crippen LogP contribution < -0.4 is 5.32 Å². The van der Waals surface area contributed by atoms with Crippen molar-refractivity contribution >= 4 is 22.9 Å². The highest BCUT2D eigenvalue weighted by molar-refractivity contribution is 7.16. The van der Waals surface area contributed by atoms with Gasteiger partial charge in [0, 0.05) is 11.4 Å². The fraction of sp³-hybridized carbons (Fsp3) is 0.583. The van der Waals surface area contributed by atoms with Crippen LogP contribution in [-0.2, 0) is 6.54 Å². The second kappa shape index (κ2) is 6.24. The molecule has 88 valence electrons. The van der Waals surface area contributed by atoms with Gasteiger partial charge in [0.1, 0.15) is 0 Å². The Morgan fingerprint density at radius 3 is 2.81 bits per heavy atom. The zero-order chi connectivity index (χ0) is 12.0. The Labute approximate surface area is 106 Å². The Morgan fingerprint density at radius 1 is 1.50 bits per heavy atom. The Morgan fingerprint density at radius 2 is 2.25 bits per heavy atom. The van der Waals surface area contributed by atoms with Gasteiger partial charge < -0.3 is 5.32 Å². The summed E-state index contributed by atoms with van der Waals surface area (Å²) >= 11 is 7.44. The molecule has 1 N–H and O–H groups in total. The average Bonchev–Trinajstić information content (AvgIpc) is 2.64. The van der Waals surface area contributed by atoms with Crippen molar-refractivity contribution in [3.8, 4) is 6.07 Å². The normalized spacial score (nSPS) is 11.4. The molecule has 1 aromatic heterocycles. The predicted octanol–water partition coefficient (Wildman–Crippen LogP) is 3.82. The van der Waals surface area contributed by atoms with E-state index in [4.69, 9.17) is 16.9 Å². The minimum atomic E-state index is -0.200. The lowest BCUT2D eigenvalue weighted by atomic mass is 9.90. The molecule has 1 aromatic rings. The molecule has 1 rings (SSSR count). The molecule has 0 aliphatic rings. The molecule has 0 spiro atoms. The maximum Gasteiger partial charge on any atom is 0.0931 e. The standard InChI is InChI=1S/C12H17ClN2S/c1-12(2,9-14)6-3-7-15-8-10-4-5-11(13)16-10/h4-5,15H,3,6-8H2,1-2H3. The van der Waals surface area contributed by atoms with E-state index in [1.165, 1.54) is 4.88 Å². The van der Waals surface area contributed by atoms with Gasteiger partial charge in [-0.1, -0.05) is 11.6 Å². The summed E-state index contributed by atoms with van der Waals surface area (Å²) in [6.07, 6.45) is 1.96. The first-order valence-corrected chi connectivity index (χ1v) is 6.59. The topological polar surface area (TPSA) is 35.8 Å². The van der Waals surface area contributed by atoms with Gasteiger partial charge in [0.05, 0.1) is 15.8 Å². The smallest absolute Gasteiger partial charge is 0.0931 e. The fourth-order valence-corrected chi connectivity index (χ4v) is 2.43. The molecule has 4 heteroatoms. The Bertz CT molecular complexity index is 365. The zero-order valence-corrected chi connectivity index (χ0v) is 11.3. The van der Waals surface area contributed by atoms with Gasteiger partial charge in [0.15, 0.2) is 0 Å². The molecule has 0 saturated heterocycles. The minimum Gasteiger partial charge on any atom is -0.312 e. The van der Waals surface area contributed by atoms with Crippen LogP contribution in [0, 0.1) is 16.7 Å². The van der Waals surface area contributed by atoms with Crippen LogP contribution in [-0.4, -0.2) is 6.54 Å². The molecule has 0 atom stereocenters. The molecular formula is C12H17ClN2S. The Hall–Kier alpha value is -0.560. The average molecular weight is 257 g/mol. The van der Waals surface area contributed by atoms with Crippen molar-refractivity contribution in [1.82, 2.24) is 5.32 Å². The first-order chi connectivity index (χ1) is 7.53. The van der Waals surface area contributed by atoms with Crippen LogP contribution in [0.1, 0.15) is 31.6 Å². The highest BCUT2D eigenvalue weighted by Gasteiger charge is 2.15. The molecule has 0 aliphatic heterocycles. The number of hydrogen-bond donors (Lipinski definition) is 1. The molecule has 0 fully saturated rings. The van der Waals surface area contributed by atoms with Gasteiger partial charge in [0.25, 0.3) is 0 Å². The van der Waals surface area contributed by atoms with Crippen molar-refractivity contribution in [2.75, 3.05) is 6.54 Å². The Balaban J connectivity index is 2.11. The third-order valence-electron chi connectivity index (χ3n) is 2.39. The fourth-order valence-electron chi connectivity index (χ4n) is 1.37. The van der Waals surface area contributed by atoms with E-state index in [0.717, 1.165) is 30.3 Å². The third-order valence-corrected chi connectivity index (χ3v) is 3.62. The summed E-state index contributed by atoms with van der Waals surface area (Å²) in [5.74, 6) is 0. The highest BCUT2D eigenvalue weighted by atomic mass is 35.5. The molecule has 1 heterocycles. The molecule has 16 heavy (non-hydrogen) atoms. The molecule has 0 saturated carbocycles. The molecule has 0 bridgehead atoms. The van der Waals surface area contributed by atoms with Crippen LogP contribution in [0.3, 0.4) is 0 Å². The van der Waals surface area contributed by atoms with Crippen LogP contribution in [0.2, 0.25) is 4.34 Å². The monoisotopic (exact) mass is 256 g/mol. The summed E-state index contributed by atoms with van der Waals surface area (Å²) < 4.78 is 0.836. The van der Waals surface area contributed by atoms with Crippen LogP contribution in [0.5, 0.6) is 0 Å². The van der Waals surface area contributed by atoms with Crippen molar-refractivity contribution in [3.63, 3.8) is 0 Å². The van der Waals surface area contributed by atoms with Gasteiger partial charge in [-0.15, -0.1) is 11.3 Å². The second-order valence-electron chi connectivity index (χ2n) is 4.48. The van der Waals surface area contributed by atoms with E-state index >= 15 is 0 Å². The second-order valence-corrected chi connectivity index (χ2v) is 6.28. The maximum absolute atomic E-state index is 8.85. The summed E-state index contributed by atoms with van der Waals surface area (Å²) in [5.41, 5.74) is -0.200. The molecule has 0 radical (unpaired) electrons. The summed E-state index contributed by atoms with van der Waals surface area (Å²) in [6.45, 7) is 5.77. The van der Waals surface area contributed by atoms with E-state index in [2.05, 4.69) is 11.4 Å². The van der Waals surface area contributed by atoms with Crippen LogP contribution in [0.15, 0.2) is 12.1 Å². The van der Waals surface area contributed by atoms with Crippen molar-refractivity contribution in [2.24, 2.45) is 5.41 Å². The number of hydrogen-bond acceptors (Lipinski definition) is 3. The maximum atomic E-state index is 8.85. The molecule has 0 unspecified atom stereocenters. The SMILES string of the molecule is CC(C)(C#N)CCCNCc1ccc(Cl)s1. The van der Waals surface area contributed by atoms with Gasteiger partial charge >= 0.3 is 0 Å². The molecular weight excluding hydrogens is 240 g/mol. The van der Waals surface area contributed by atoms with Gasteiger partial charge in [-0.3, -0.25) is 0 Å². The van der Waals surface area contributed by atoms with Crippen molar-refractivity contribution < 1.29 is 0 Å². The summed E-state index contributed by atoms with van der Waals surface area (Å²) in [7, 11) is 0. The molecule has 0 aliphatic carbocycles. The molecule has 2 nitrogen and oxygen atoms in total. The first-order valence-electron chi connectivity index (χ1n) is 5.40. The quantitative estimate of drug-likeness (QED) is 0.786. The number of nitrogens with one attached hydrogen (secondary N) is 1. The number of thiophene rings is 1. The number of nitrogens with zero attached hydrogens (tertiary/aromatic N) is 1. The molecule has 0 amide bonds. The summed E-state index contributed by atoms with van der Waals surface area (Å²) in [4.78, 5) is 1.25. The third kappa shape index (κ3) is 4.98. The predicted molar refractivity (Wildman–Crippen MR) is 69.7 cm³/mol. The lowest BCUT2D eigenvalue weighted by Crippen LogP contribution is -2.17. The minimum absolute atomic E-state index is 0.200. The summed E-state index contributed by atoms with van der Waals surface area (Å²) in [6, 6.07) is 6.27. The van der Waals surface area contributed by atoms with Gasteiger partial charge in [0.2, 0.25) is 0 Å². The van der Waals surface area contributed by atoms with E-state index < -0.39 is 0 Å². The van der Waals surface area contributed by atoms with Crippen LogP contribution >= 0.6 is 22.9 Å². The zero-order valence-electron chi connectivity index (χ0n) is 9.72. The van der Waals surface area contributed by atoms with Crippen LogP contribution in [0.25, 0.3) is 0 Å². The van der Waals surface area contributed by atoms with Crippen LogP contribution in [0.4, 0.5) is 0 Å². The lowest BCUT2D eigenvalue weighted by molar-refractivity contribution is 0.426. The molecule has 0 aromatic carbocycles. The van der Waals surface area contributed by atoms with Crippen molar-refractivity contribution in [3.05, 3.63) is 21.3 Å². The van der Waals surface area contributed by atoms with Gasteiger partial charge in [-0.2, -0.15) is 5.26 Å². The van der Waals surface area contributed by atoms with Crippen molar-refractivity contribution in [2.45, 2.75) is 33.2 Å². The van der Waals surface area contributed by atoms with E-state index in [-0.39, 0.29) is 5.41 Å². The summed E-state index contributed by atoms with van der Waals surface area (Å²) in [5, 5.41) is 12.2. The van der Waals surface area contributed by atoms with E-state index in [0.29, 0.717) is 0 Å². The van der Waals surface area contributed by atoms with Gasteiger partial charge in [-0.05, 0) is 45.4 Å².